The van der Waals surface area contributed by atoms with E-state index in [0.717, 1.165) is 37.2 Å². The zero-order chi connectivity index (χ0) is 14.8. The average molecular weight is 280 g/mol. The lowest BCUT2D eigenvalue weighted by atomic mass is 9.75. The minimum atomic E-state index is -0.915. The van der Waals surface area contributed by atoms with Crippen LogP contribution >= 0.6 is 0 Å². The second-order valence-electron chi connectivity index (χ2n) is 6.30. The maximum absolute atomic E-state index is 10.7. The Bertz CT molecular complexity index is 434. The molecule has 114 valence electrons. The summed E-state index contributed by atoms with van der Waals surface area (Å²) in [6, 6.07) is 2.06. The lowest BCUT2D eigenvalue weighted by Gasteiger charge is -2.38. The van der Waals surface area contributed by atoms with Crippen molar-refractivity contribution in [3.05, 3.63) is 17.5 Å². The van der Waals surface area contributed by atoms with Crippen LogP contribution in [-0.2, 0) is 19.4 Å². The highest BCUT2D eigenvalue weighted by molar-refractivity contribution is 5.13. The number of hydrogen-bond acceptors (Lipinski definition) is 3. The molecule has 0 amide bonds. The highest BCUT2D eigenvalue weighted by atomic mass is 16.3. The molecule has 20 heavy (non-hydrogen) atoms. The predicted octanol–water partition coefficient (Wildman–Crippen LogP) is 2.31. The monoisotopic (exact) mass is 280 g/mol. The van der Waals surface area contributed by atoms with Gasteiger partial charge in [0.2, 0.25) is 0 Å². The van der Waals surface area contributed by atoms with Gasteiger partial charge in [-0.15, -0.1) is 0 Å². The van der Waals surface area contributed by atoms with E-state index in [1.165, 1.54) is 0 Å². The molecule has 4 heteroatoms. The van der Waals surface area contributed by atoms with Crippen LogP contribution in [0.15, 0.2) is 6.07 Å². The highest BCUT2D eigenvalue weighted by Gasteiger charge is 2.38. The fourth-order valence-corrected chi connectivity index (χ4v) is 3.11. The molecule has 1 saturated carbocycles. The Hall–Kier alpha value is -0.870. The summed E-state index contributed by atoms with van der Waals surface area (Å²) in [5, 5.41) is 25.7. The lowest BCUT2D eigenvalue weighted by Crippen LogP contribution is -2.46. The van der Waals surface area contributed by atoms with Crippen molar-refractivity contribution < 1.29 is 10.2 Å². The second-order valence-corrected chi connectivity index (χ2v) is 6.30. The third-order valence-corrected chi connectivity index (χ3v) is 4.74. The van der Waals surface area contributed by atoms with Gasteiger partial charge in [0, 0.05) is 18.7 Å². The van der Waals surface area contributed by atoms with Gasteiger partial charge < -0.3 is 10.2 Å². The zero-order valence-corrected chi connectivity index (χ0v) is 13.0. The van der Waals surface area contributed by atoms with Gasteiger partial charge in [-0.2, -0.15) is 5.10 Å². The Kier molecular flexibility index (Phi) is 4.86. The summed E-state index contributed by atoms with van der Waals surface area (Å²) in [4.78, 5) is 0. The first-order valence-corrected chi connectivity index (χ1v) is 7.94. The Morgan fingerprint density at radius 1 is 1.40 bits per heavy atom. The van der Waals surface area contributed by atoms with Gasteiger partial charge >= 0.3 is 0 Å². The van der Waals surface area contributed by atoms with E-state index >= 15 is 0 Å². The minimum Gasteiger partial charge on any atom is -0.390 e. The van der Waals surface area contributed by atoms with E-state index < -0.39 is 11.7 Å². The number of aryl methyl sites for hydroxylation is 2. The normalized spacial score (nSPS) is 28.6. The Balaban J connectivity index is 2.07. The quantitative estimate of drug-likeness (QED) is 0.870. The average Bonchev–Trinajstić information content (AvgIpc) is 2.84. The zero-order valence-electron chi connectivity index (χ0n) is 13.0. The molecular weight excluding hydrogens is 252 g/mol. The van der Waals surface area contributed by atoms with Crippen molar-refractivity contribution in [1.29, 1.82) is 0 Å². The number of aliphatic hydroxyl groups is 2. The van der Waals surface area contributed by atoms with E-state index in [0.29, 0.717) is 25.2 Å². The summed E-state index contributed by atoms with van der Waals surface area (Å²) in [6.07, 6.45) is 4.11. The van der Waals surface area contributed by atoms with Crippen LogP contribution in [0.1, 0.15) is 57.8 Å². The summed E-state index contributed by atoms with van der Waals surface area (Å²) >= 11 is 0. The van der Waals surface area contributed by atoms with Crippen molar-refractivity contribution in [1.82, 2.24) is 9.78 Å². The minimum absolute atomic E-state index is 0.492. The number of aliphatic hydroxyl groups excluding tert-OH is 1. The molecule has 1 unspecified atom stereocenters. The van der Waals surface area contributed by atoms with Crippen molar-refractivity contribution >= 4 is 0 Å². The van der Waals surface area contributed by atoms with Crippen LogP contribution in [0.2, 0.25) is 0 Å². The smallest absolute Gasteiger partial charge is 0.0909 e. The predicted molar refractivity (Wildman–Crippen MR) is 79.6 cm³/mol. The van der Waals surface area contributed by atoms with Gasteiger partial charge in [-0.1, -0.05) is 13.8 Å². The molecule has 0 aliphatic heterocycles. The fourth-order valence-electron chi connectivity index (χ4n) is 3.11. The van der Waals surface area contributed by atoms with Crippen molar-refractivity contribution in [2.24, 2.45) is 5.92 Å². The molecule has 1 atom stereocenters. The van der Waals surface area contributed by atoms with Crippen molar-refractivity contribution in [2.75, 3.05) is 0 Å². The summed E-state index contributed by atoms with van der Waals surface area (Å²) in [7, 11) is 0. The summed E-state index contributed by atoms with van der Waals surface area (Å²) in [5.41, 5.74) is 1.17. The molecule has 1 fully saturated rings. The first kappa shape index (κ1) is 15.5. The maximum Gasteiger partial charge on any atom is 0.0909 e. The summed E-state index contributed by atoms with van der Waals surface area (Å²) in [6.45, 7) is 7.15. The van der Waals surface area contributed by atoms with Crippen LogP contribution in [0.3, 0.4) is 0 Å². The molecule has 1 aliphatic carbocycles. The largest absolute Gasteiger partial charge is 0.390 e. The molecule has 0 aromatic carbocycles. The Labute approximate surface area is 121 Å². The number of hydrogen-bond donors (Lipinski definition) is 2. The topological polar surface area (TPSA) is 58.3 Å². The molecule has 0 spiro atoms. The van der Waals surface area contributed by atoms with Crippen LogP contribution in [-0.4, -0.2) is 31.7 Å². The molecule has 2 N–H and O–H groups in total. The number of aromatic nitrogens is 2. The molecule has 1 aliphatic rings. The van der Waals surface area contributed by atoms with Gasteiger partial charge in [-0.25, -0.2) is 0 Å². The van der Waals surface area contributed by atoms with E-state index in [1.807, 2.05) is 4.68 Å². The molecule has 0 radical (unpaired) electrons. The Morgan fingerprint density at radius 3 is 2.60 bits per heavy atom. The van der Waals surface area contributed by atoms with Crippen molar-refractivity contribution in [3.63, 3.8) is 0 Å². The molecular formula is C16H28N2O2. The van der Waals surface area contributed by atoms with E-state index in [2.05, 4.69) is 31.9 Å². The van der Waals surface area contributed by atoms with Crippen molar-refractivity contribution in [3.8, 4) is 0 Å². The van der Waals surface area contributed by atoms with E-state index in [4.69, 9.17) is 0 Å². The van der Waals surface area contributed by atoms with Crippen LogP contribution in [0.25, 0.3) is 0 Å². The third kappa shape index (κ3) is 3.23. The van der Waals surface area contributed by atoms with Crippen molar-refractivity contribution in [2.45, 2.75) is 77.5 Å². The van der Waals surface area contributed by atoms with E-state index in [9.17, 15) is 10.2 Å². The maximum atomic E-state index is 10.7. The molecule has 2 rings (SSSR count). The first-order valence-electron chi connectivity index (χ1n) is 7.94. The number of rotatable bonds is 5. The van der Waals surface area contributed by atoms with Gasteiger partial charge in [-0.05, 0) is 51.0 Å². The Morgan fingerprint density at radius 2 is 2.05 bits per heavy atom. The van der Waals surface area contributed by atoms with Gasteiger partial charge in [0.1, 0.15) is 0 Å². The summed E-state index contributed by atoms with van der Waals surface area (Å²) in [5.74, 6) is 0.662. The molecule has 1 aromatic rings. The van der Waals surface area contributed by atoms with Crippen LogP contribution in [0, 0.1) is 5.92 Å². The van der Waals surface area contributed by atoms with E-state index in [-0.39, 0.29) is 0 Å². The van der Waals surface area contributed by atoms with Gasteiger partial charge in [0.05, 0.1) is 17.4 Å². The highest BCUT2D eigenvalue weighted by Crippen LogP contribution is 2.35. The van der Waals surface area contributed by atoms with Gasteiger partial charge in [-0.3, -0.25) is 4.68 Å². The fraction of sp³-hybridized carbons (Fsp3) is 0.812. The van der Waals surface area contributed by atoms with Gasteiger partial charge in [0.15, 0.2) is 0 Å². The SMILES string of the molecule is CCc1cc(CC(O)C2(O)CCC(C)CC2)n(CC)n1. The molecule has 4 nitrogen and oxygen atoms in total. The number of nitrogens with zero attached hydrogens (tertiary/aromatic N) is 2. The summed E-state index contributed by atoms with van der Waals surface area (Å²) < 4.78 is 1.94. The third-order valence-electron chi connectivity index (χ3n) is 4.74. The first-order chi connectivity index (χ1) is 9.48. The standard InChI is InChI=1S/C16H28N2O2/c1-4-13-10-14(18(5-2)17-13)11-15(19)16(20)8-6-12(3)7-9-16/h10,12,15,19-20H,4-9,11H2,1-3H3. The van der Waals surface area contributed by atoms with Crippen LogP contribution in [0.5, 0.6) is 0 Å². The molecule has 0 saturated heterocycles. The van der Waals surface area contributed by atoms with Crippen LogP contribution < -0.4 is 0 Å². The lowest BCUT2D eigenvalue weighted by molar-refractivity contribution is -0.103. The molecule has 1 aromatic heterocycles. The van der Waals surface area contributed by atoms with Crippen LogP contribution in [0.4, 0.5) is 0 Å². The van der Waals surface area contributed by atoms with Gasteiger partial charge in [0.25, 0.3) is 0 Å². The van der Waals surface area contributed by atoms with E-state index in [1.54, 1.807) is 0 Å². The second kappa shape index (κ2) is 6.27. The molecule has 0 bridgehead atoms. The molecule has 1 heterocycles.